The predicted molar refractivity (Wildman–Crippen MR) is 96.3 cm³/mol. The summed E-state index contributed by atoms with van der Waals surface area (Å²) in [6.07, 6.45) is 5.76. The van der Waals surface area contributed by atoms with Crippen molar-refractivity contribution in [2.45, 2.75) is 0 Å². The van der Waals surface area contributed by atoms with Crippen molar-refractivity contribution in [3.8, 4) is 23.0 Å². The first-order chi connectivity index (χ1) is 12.3. The third-order valence-electron chi connectivity index (χ3n) is 4.13. The molecule has 4 rings (SSSR count). The monoisotopic (exact) mass is 335 g/mol. The molecule has 0 saturated carbocycles. The quantitative estimate of drug-likeness (QED) is 0.717. The minimum absolute atomic E-state index is 0.273. The Balaban J connectivity index is 1.73. The molecule has 3 aromatic rings. The molecule has 0 unspecified atom stereocenters. The number of aromatic nitrogens is 1. The van der Waals surface area contributed by atoms with Crippen molar-refractivity contribution in [3.05, 3.63) is 53.9 Å². The fourth-order valence-electron chi connectivity index (χ4n) is 2.85. The van der Waals surface area contributed by atoms with Crippen molar-refractivity contribution in [1.82, 2.24) is 4.98 Å². The van der Waals surface area contributed by atoms with E-state index in [0.717, 1.165) is 33.5 Å². The zero-order valence-corrected chi connectivity index (χ0v) is 14.0. The molecule has 0 fully saturated rings. The normalized spacial score (nSPS) is 12.7. The van der Waals surface area contributed by atoms with Crippen LogP contribution in [0.5, 0.6) is 23.0 Å². The highest BCUT2D eigenvalue weighted by atomic mass is 16.7. The van der Waals surface area contributed by atoms with E-state index in [1.807, 2.05) is 48.6 Å². The van der Waals surface area contributed by atoms with Gasteiger partial charge >= 0.3 is 0 Å². The molecule has 5 heteroatoms. The van der Waals surface area contributed by atoms with E-state index in [-0.39, 0.29) is 6.79 Å². The van der Waals surface area contributed by atoms with E-state index < -0.39 is 0 Å². The zero-order valence-electron chi connectivity index (χ0n) is 14.0. The number of nitrogens with zero attached hydrogens (tertiary/aromatic N) is 1. The van der Waals surface area contributed by atoms with Crippen LogP contribution in [0.15, 0.2) is 42.6 Å². The summed E-state index contributed by atoms with van der Waals surface area (Å²) in [7, 11) is 3.26. The lowest BCUT2D eigenvalue weighted by atomic mass is 10.1. The Morgan fingerprint density at radius 1 is 0.920 bits per heavy atom. The van der Waals surface area contributed by atoms with Gasteiger partial charge in [-0.05, 0) is 47.4 Å². The van der Waals surface area contributed by atoms with E-state index in [4.69, 9.17) is 18.9 Å². The van der Waals surface area contributed by atoms with E-state index in [2.05, 4.69) is 4.98 Å². The minimum Gasteiger partial charge on any atom is -0.493 e. The maximum Gasteiger partial charge on any atom is 0.231 e. The number of hydrogen-bond acceptors (Lipinski definition) is 5. The standard InChI is InChI=1S/C20H17NO4/c1-22-18-10-14-7-8-21-16(15(14)11-19(18)23-2)5-3-13-4-6-17-20(9-13)25-12-24-17/h3-11H,12H2,1-2H3. The number of fused-ring (bicyclic) bond motifs is 2. The molecule has 1 aliphatic heterocycles. The van der Waals surface area contributed by atoms with Crippen LogP contribution in [0, 0.1) is 0 Å². The van der Waals surface area contributed by atoms with Crippen LogP contribution in [-0.4, -0.2) is 26.0 Å². The maximum absolute atomic E-state index is 5.42. The van der Waals surface area contributed by atoms with Crippen LogP contribution in [0.25, 0.3) is 22.9 Å². The largest absolute Gasteiger partial charge is 0.493 e. The Morgan fingerprint density at radius 3 is 2.56 bits per heavy atom. The molecule has 0 radical (unpaired) electrons. The van der Waals surface area contributed by atoms with E-state index in [1.165, 1.54) is 0 Å². The molecule has 0 aliphatic carbocycles. The maximum atomic E-state index is 5.42. The van der Waals surface area contributed by atoms with Crippen molar-refractivity contribution >= 4 is 22.9 Å². The first kappa shape index (κ1) is 15.3. The second-order valence-electron chi connectivity index (χ2n) is 5.57. The first-order valence-corrected chi connectivity index (χ1v) is 7.87. The molecule has 2 heterocycles. The number of methoxy groups -OCH3 is 2. The smallest absolute Gasteiger partial charge is 0.231 e. The van der Waals surface area contributed by atoms with E-state index >= 15 is 0 Å². The van der Waals surface area contributed by atoms with Crippen LogP contribution < -0.4 is 18.9 Å². The van der Waals surface area contributed by atoms with E-state index in [9.17, 15) is 0 Å². The first-order valence-electron chi connectivity index (χ1n) is 7.87. The lowest BCUT2D eigenvalue weighted by Gasteiger charge is -2.10. The Kier molecular flexibility index (Phi) is 3.90. The summed E-state index contributed by atoms with van der Waals surface area (Å²) in [5.41, 5.74) is 1.87. The second-order valence-corrected chi connectivity index (χ2v) is 5.57. The molecule has 1 aliphatic rings. The molecule has 2 aromatic carbocycles. The van der Waals surface area contributed by atoms with Crippen molar-refractivity contribution in [2.75, 3.05) is 21.0 Å². The van der Waals surface area contributed by atoms with Gasteiger partial charge in [-0.15, -0.1) is 0 Å². The molecule has 0 spiro atoms. The summed E-state index contributed by atoms with van der Waals surface area (Å²) in [6.45, 7) is 0.273. The summed E-state index contributed by atoms with van der Waals surface area (Å²) in [5.74, 6) is 2.92. The molecule has 0 saturated heterocycles. The lowest BCUT2D eigenvalue weighted by Crippen LogP contribution is -1.92. The Hall–Kier alpha value is -3.21. The summed E-state index contributed by atoms with van der Waals surface area (Å²) < 4.78 is 21.5. The minimum atomic E-state index is 0.273. The van der Waals surface area contributed by atoms with Gasteiger partial charge in [0.1, 0.15) is 0 Å². The number of ether oxygens (including phenoxy) is 4. The van der Waals surface area contributed by atoms with Crippen molar-refractivity contribution in [1.29, 1.82) is 0 Å². The highest BCUT2D eigenvalue weighted by Gasteiger charge is 2.12. The highest BCUT2D eigenvalue weighted by Crippen LogP contribution is 2.35. The Bertz CT molecular complexity index is 965. The lowest BCUT2D eigenvalue weighted by molar-refractivity contribution is 0.174. The molecule has 0 N–H and O–H groups in total. The van der Waals surface area contributed by atoms with Gasteiger partial charge in [-0.2, -0.15) is 0 Å². The van der Waals surface area contributed by atoms with Crippen LogP contribution in [0.3, 0.4) is 0 Å². The topological polar surface area (TPSA) is 49.8 Å². The predicted octanol–water partition coefficient (Wildman–Crippen LogP) is 4.15. The van der Waals surface area contributed by atoms with Crippen LogP contribution in [-0.2, 0) is 0 Å². The number of benzene rings is 2. The van der Waals surface area contributed by atoms with Gasteiger partial charge in [-0.1, -0.05) is 12.1 Å². The Morgan fingerprint density at radius 2 is 1.72 bits per heavy atom. The average molecular weight is 335 g/mol. The summed E-state index contributed by atoms with van der Waals surface area (Å²) in [4.78, 5) is 4.49. The van der Waals surface area contributed by atoms with Crippen molar-refractivity contribution in [2.24, 2.45) is 0 Å². The van der Waals surface area contributed by atoms with E-state index in [0.29, 0.717) is 11.5 Å². The number of pyridine rings is 1. The van der Waals surface area contributed by atoms with Crippen LogP contribution in [0.4, 0.5) is 0 Å². The molecule has 0 bridgehead atoms. The van der Waals surface area contributed by atoms with Gasteiger partial charge in [-0.25, -0.2) is 0 Å². The van der Waals surface area contributed by atoms with Crippen LogP contribution >= 0.6 is 0 Å². The van der Waals surface area contributed by atoms with Gasteiger partial charge in [0.15, 0.2) is 23.0 Å². The molecule has 5 nitrogen and oxygen atoms in total. The van der Waals surface area contributed by atoms with Crippen molar-refractivity contribution in [3.63, 3.8) is 0 Å². The average Bonchev–Trinajstić information content (AvgIpc) is 3.12. The molecule has 1 aromatic heterocycles. The highest BCUT2D eigenvalue weighted by molar-refractivity contribution is 5.93. The van der Waals surface area contributed by atoms with Gasteiger partial charge in [0, 0.05) is 11.6 Å². The fourth-order valence-corrected chi connectivity index (χ4v) is 2.85. The van der Waals surface area contributed by atoms with Crippen LogP contribution in [0.2, 0.25) is 0 Å². The third-order valence-corrected chi connectivity index (χ3v) is 4.13. The second kappa shape index (κ2) is 6.36. The zero-order chi connectivity index (χ0) is 17.2. The number of hydrogen-bond donors (Lipinski definition) is 0. The van der Waals surface area contributed by atoms with Gasteiger partial charge in [-0.3, -0.25) is 4.98 Å². The molecule has 0 amide bonds. The van der Waals surface area contributed by atoms with Gasteiger partial charge < -0.3 is 18.9 Å². The Labute approximate surface area is 145 Å². The SMILES string of the molecule is COc1cc2ccnc(C=Cc3ccc4c(c3)OCO4)c2cc1OC. The van der Waals surface area contributed by atoms with E-state index in [1.54, 1.807) is 20.4 Å². The molecule has 0 atom stereocenters. The summed E-state index contributed by atoms with van der Waals surface area (Å²) in [5, 5.41) is 2.04. The summed E-state index contributed by atoms with van der Waals surface area (Å²) >= 11 is 0. The third kappa shape index (κ3) is 2.85. The summed E-state index contributed by atoms with van der Waals surface area (Å²) in [6, 6.07) is 11.7. The van der Waals surface area contributed by atoms with Gasteiger partial charge in [0.2, 0.25) is 6.79 Å². The molecular weight excluding hydrogens is 318 g/mol. The fraction of sp³-hybridized carbons (Fsp3) is 0.150. The molecule has 25 heavy (non-hydrogen) atoms. The van der Waals surface area contributed by atoms with Gasteiger partial charge in [0.25, 0.3) is 0 Å². The van der Waals surface area contributed by atoms with Gasteiger partial charge in [0.05, 0.1) is 19.9 Å². The number of rotatable bonds is 4. The van der Waals surface area contributed by atoms with Crippen LogP contribution in [0.1, 0.15) is 11.3 Å². The molecule has 126 valence electrons. The van der Waals surface area contributed by atoms with Crippen molar-refractivity contribution < 1.29 is 18.9 Å². The molecular formula is C20H17NO4.